The Hall–Kier alpha value is -4.57. The number of para-hydroxylation sites is 1. The predicted molar refractivity (Wildman–Crippen MR) is 146 cm³/mol. The molecule has 4 nitrogen and oxygen atoms in total. The summed E-state index contributed by atoms with van der Waals surface area (Å²) >= 11 is 0. The summed E-state index contributed by atoms with van der Waals surface area (Å²) in [5, 5.41) is 2.40. The number of fused-ring (bicyclic) bond motifs is 1. The number of rotatable bonds is 9. The zero-order valence-electron chi connectivity index (χ0n) is 20.1. The summed E-state index contributed by atoms with van der Waals surface area (Å²) in [6.07, 6.45) is 1.82. The molecular weight excluding hydrogens is 446 g/mol. The third-order valence-electron chi connectivity index (χ3n) is 5.71. The summed E-state index contributed by atoms with van der Waals surface area (Å²) in [4.78, 5) is 4.61. The van der Waals surface area contributed by atoms with Crippen LogP contribution in [-0.2, 0) is 6.61 Å². The molecule has 0 aliphatic carbocycles. The van der Waals surface area contributed by atoms with Gasteiger partial charge in [-0.3, -0.25) is 4.99 Å². The maximum atomic E-state index is 6.18. The molecule has 0 aromatic heterocycles. The van der Waals surface area contributed by atoms with Crippen LogP contribution >= 0.6 is 0 Å². The topological polar surface area (TPSA) is 40.0 Å². The smallest absolute Gasteiger partial charge is 0.161 e. The van der Waals surface area contributed by atoms with Gasteiger partial charge >= 0.3 is 0 Å². The van der Waals surface area contributed by atoms with Gasteiger partial charge in [-0.1, -0.05) is 60.7 Å². The summed E-state index contributed by atoms with van der Waals surface area (Å²) in [7, 11) is 0. The van der Waals surface area contributed by atoms with Crippen LogP contribution in [0, 0.1) is 0 Å². The van der Waals surface area contributed by atoms with E-state index < -0.39 is 0 Å². The average molecular weight is 474 g/mol. The fourth-order valence-corrected chi connectivity index (χ4v) is 3.94. The molecule has 0 saturated carbocycles. The van der Waals surface area contributed by atoms with Crippen molar-refractivity contribution in [2.75, 3.05) is 6.61 Å². The minimum absolute atomic E-state index is 0.465. The fraction of sp³-hybridized carbons (Fsp3) is 0.0938. The van der Waals surface area contributed by atoms with Crippen LogP contribution in [-0.4, -0.2) is 12.8 Å². The number of ether oxygens (including phenoxy) is 3. The molecule has 0 fully saturated rings. The lowest BCUT2D eigenvalue weighted by molar-refractivity contribution is 0.270. The number of hydrogen-bond donors (Lipinski definition) is 0. The molecule has 5 aromatic rings. The van der Waals surface area contributed by atoms with Crippen molar-refractivity contribution in [2.24, 2.45) is 4.99 Å². The van der Waals surface area contributed by atoms with Crippen molar-refractivity contribution >= 4 is 22.7 Å². The molecule has 0 aliphatic rings. The van der Waals surface area contributed by atoms with Crippen molar-refractivity contribution in [3.05, 3.63) is 126 Å². The van der Waals surface area contributed by atoms with Gasteiger partial charge in [0.05, 0.1) is 12.3 Å². The summed E-state index contributed by atoms with van der Waals surface area (Å²) in [5.41, 5.74) is 2.91. The molecule has 36 heavy (non-hydrogen) atoms. The second kappa shape index (κ2) is 11.2. The maximum absolute atomic E-state index is 6.18. The normalized spacial score (nSPS) is 11.0. The Morgan fingerprint density at radius 2 is 1.42 bits per heavy atom. The third-order valence-corrected chi connectivity index (χ3v) is 5.71. The standard InChI is InChI=1S/C32H27NO3/c1-2-34-32-21-24(22-33-27-16-18-29(19-17-27)36-28-12-4-3-5-13-28)15-20-31(32)35-23-26-11-8-10-25-9-6-7-14-30(25)26/h3-22H,2,23H2,1H3. The summed E-state index contributed by atoms with van der Waals surface area (Å²) in [5.74, 6) is 2.99. The van der Waals surface area contributed by atoms with Crippen LogP contribution in [0.2, 0.25) is 0 Å². The van der Waals surface area contributed by atoms with Gasteiger partial charge in [-0.15, -0.1) is 0 Å². The van der Waals surface area contributed by atoms with Gasteiger partial charge in [0.15, 0.2) is 11.5 Å². The Morgan fingerprint density at radius 3 is 2.25 bits per heavy atom. The molecule has 5 rings (SSSR count). The first-order chi connectivity index (χ1) is 17.8. The van der Waals surface area contributed by atoms with Crippen LogP contribution in [0.3, 0.4) is 0 Å². The number of aliphatic imine (C=N–C) groups is 1. The lowest BCUT2D eigenvalue weighted by Gasteiger charge is -2.13. The summed E-state index contributed by atoms with van der Waals surface area (Å²) < 4.78 is 17.9. The van der Waals surface area contributed by atoms with Crippen molar-refractivity contribution < 1.29 is 14.2 Å². The highest BCUT2D eigenvalue weighted by atomic mass is 16.5. The minimum atomic E-state index is 0.465. The Bertz CT molecular complexity index is 1460. The Balaban J connectivity index is 1.27. The van der Waals surface area contributed by atoms with E-state index in [0.29, 0.717) is 24.7 Å². The molecule has 0 amide bonds. The first-order valence-corrected chi connectivity index (χ1v) is 12.0. The molecule has 0 spiro atoms. The molecule has 178 valence electrons. The van der Waals surface area contributed by atoms with E-state index in [1.807, 2.05) is 92.0 Å². The van der Waals surface area contributed by atoms with Gasteiger partial charge in [0.1, 0.15) is 18.1 Å². The molecule has 0 unspecified atom stereocenters. The van der Waals surface area contributed by atoms with Crippen molar-refractivity contribution in [3.63, 3.8) is 0 Å². The maximum Gasteiger partial charge on any atom is 0.161 e. The first kappa shape index (κ1) is 23.2. The Morgan fingerprint density at radius 1 is 0.667 bits per heavy atom. The van der Waals surface area contributed by atoms with E-state index in [1.165, 1.54) is 10.8 Å². The molecular formula is C32H27NO3. The van der Waals surface area contributed by atoms with E-state index in [1.54, 1.807) is 0 Å². The van der Waals surface area contributed by atoms with E-state index >= 15 is 0 Å². The van der Waals surface area contributed by atoms with Crippen LogP contribution in [0.4, 0.5) is 5.69 Å². The van der Waals surface area contributed by atoms with E-state index in [2.05, 4.69) is 41.4 Å². The number of benzene rings is 5. The molecule has 5 aromatic carbocycles. The zero-order chi connectivity index (χ0) is 24.6. The van der Waals surface area contributed by atoms with Gasteiger partial charge < -0.3 is 14.2 Å². The Kier molecular flexibility index (Phi) is 7.24. The second-order valence-corrected chi connectivity index (χ2v) is 8.23. The molecule has 4 heteroatoms. The van der Waals surface area contributed by atoms with Crippen LogP contribution in [0.15, 0.2) is 120 Å². The van der Waals surface area contributed by atoms with Gasteiger partial charge in [0.2, 0.25) is 0 Å². The SMILES string of the molecule is CCOc1cc(C=Nc2ccc(Oc3ccccc3)cc2)ccc1OCc1cccc2ccccc12. The van der Waals surface area contributed by atoms with Gasteiger partial charge in [-0.25, -0.2) is 0 Å². The predicted octanol–water partition coefficient (Wildman–Crippen LogP) is 8.36. The molecule has 0 atom stereocenters. The lowest BCUT2D eigenvalue weighted by Crippen LogP contribution is -2.01. The molecule has 0 N–H and O–H groups in total. The van der Waals surface area contributed by atoms with Crippen molar-refractivity contribution in [3.8, 4) is 23.0 Å². The molecule has 0 heterocycles. The van der Waals surface area contributed by atoms with E-state index in [0.717, 1.165) is 28.3 Å². The van der Waals surface area contributed by atoms with Crippen molar-refractivity contribution in [1.29, 1.82) is 0 Å². The van der Waals surface area contributed by atoms with Gasteiger partial charge in [-0.2, -0.15) is 0 Å². The van der Waals surface area contributed by atoms with E-state index in [-0.39, 0.29) is 0 Å². The van der Waals surface area contributed by atoms with Crippen molar-refractivity contribution in [1.82, 2.24) is 0 Å². The van der Waals surface area contributed by atoms with Crippen LogP contribution < -0.4 is 14.2 Å². The monoisotopic (exact) mass is 473 g/mol. The number of hydrogen-bond acceptors (Lipinski definition) is 4. The van der Waals surface area contributed by atoms with Gasteiger partial charge in [-0.05, 0) is 83.4 Å². The average Bonchev–Trinajstić information content (AvgIpc) is 2.93. The van der Waals surface area contributed by atoms with Crippen molar-refractivity contribution in [2.45, 2.75) is 13.5 Å². The van der Waals surface area contributed by atoms with Crippen LogP contribution in [0.5, 0.6) is 23.0 Å². The number of nitrogens with zero attached hydrogens (tertiary/aromatic N) is 1. The van der Waals surface area contributed by atoms with Gasteiger partial charge in [0.25, 0.3) is 0 Å². The van der Waals surface area contributed by atoms with Crippen LogP contribution in [0.25, 0.3) is 10.8 Å². The Labute approximate surface area is 211 Å². The van der Waals surface area contributed by atoms with Crippen LogP contribution in [0.1, 0.15) is 18.1 Å². The van der Waals surface area contributed by atoms with E-state index in [9.17, 15) is 0 Å². The highest BCUT2D eigenvalue weighted by Crippen LogP contribution is 2.30. The quantitative estimate of drug-likeness (QED) is 0.202. The second-order valence-electron chi connectivity index (χ2n) is 8.23. The zero-order valence-corrected chi connectivity index (χ0v) is 20.1. The molecule has 0 radical (unpaired) electrons. The van der Waals surface area contributed by atoms with E-state index in [4.69, 9.17) is 14.2 Å². The third kappa shape index (κ3) is 5.73. The molecule has 0 aliphatic heterocycles. The molecule has 0 saturated heterocycles. The highest BCUT2D eigenvalue weighted by molar-refractivity contribution is 5.85. The highest BCUT2D eigenvalue weighted by Gasteiger charge is 2.08. The minimum Gasteiger partial charge on any atom is -0.490 e. The summed E-state index contributed by atoms with van der Waals surface area (Å²) in [6.45, 7) is 2.98. The summed E-state index contributed by atoms with van der Waals surface area (Å²) in [6, 6.07) is 37.9. The van der Waals surface area contributed by atoms with Gasteiger partial charge in [0, 0.05) is 6.21 Å². The largest absolute Gasteiger partial charge is 0.490 e. The fourth-order valence-electron chi connectivity index (χ4n) is 3.94. The molecule has 0 bridgehead atoms. The lowest BCUT2D eigenvalue weighted by atomic mass is 10.1. The first-order valence-electron chi connectivity index (χ1n) is 12.0.